The molecule has 0 bridgehead atoms. The molecule has 0 amide bonds. The Morgan fingerprint density at radius 2 is 2.00 bits per heavy atom. The molecular weight excluding hydrogens is 469 g/mol. The molecule has 1 atom stereocenters. The number of ether oxygens (including phenoxy) is 2. The predicted octanol–water partition coefficient (Wildman–Crippen LogP) is 4.32. The van der Waals surface area contributed by atoms with E-state index in [0.29, 0.717) is 37.0 Å². The molecule has 1 N–H and O–H groups in total. The van der Waals surface area contributed by atoms with Crippen LogP contribution in [0.4, 0.5) is 4.39 Å². The van der Waals surface area contributed by atoms with Crippen LogP contribution < -0.4 is 10.1 Å². The van der Waals surface area contributed by atoms with Crippen molar-refractivity contribution in [1.82, 2.24) is 9.29 Å². The smallest absolute Gasteiger partial charge is 0.268 e. The number of halogens is 1. The van der Waals surface area contributed by atoms with Crippen LogP contribution in [0.25, 0.3) is 11.3 Å². The molecule has 0 aliphatic carbocycles. The van der Waals surface area contributed by atoms with Crippen LogP contribution >= 0.6 is 0 Å². The van der Waals surface area contributed by atoms with E-state index in [-0.39, 0.29) is 27.8 Å². The molecule has 2 heterocycles. The highest BCUT2D eigenvalue weighted by Gasteiger charge is 2.25. The highest BCUT2D eigenvalue weighted by Crippen LogP contribution is 2.32. The van der Waals surface area contributed by atoms with Crippen molar-refractivity contribution in [2.75, 3.05) is 20.3 Å². The monoisotopic (exact) mass is 497 g/mol. The number of nitrogens with zero attached hydrogens (tertiary/aromatic N) is 2. The normalized spacial score (nSPS) is 15.5. The molecule has 0 spiro atoms. The van der Waals surface area contributed by atoms with Crippen LogP contribution in [-0.4, -0.2) is 38.8 Å². The lowest BCUT2D eigenvalue weighted by molar-refractivity contribution is 0.0238. The highest BCUT2D eigenvalue weighted by atomic mass is 32.2. The maximum Gasteiger partial charge on any atom is 0.268 e. The average molecular weight is 498 g/mol. The summed E-state index contributed by atoms with van der Waals surface area (Å²) < 4.78 is 54.8. The van der Waals surface area contributed by atoms with Gasteiger partial charge < -0.3 is 14.8 Å². The Labute approximate surface area is 205 Å². The molecule has 1 fully saturated rings. The van der Waals surface area contributed by atoms with Gasteiger partial charge in [0, 0.05) is 37.6 Å². The zero-order valence-electron chi connectivity index (χ0n) is 19.7. The Morgan fingerprint density at radius 3 is 2.69 bits per heavy atom. The van der Waals surface area contributed by atoms with Gasteiger partial charge in [0.25, 0.3) is 10.0 Å². The van der Waals surface area contributed by atoms with Gasteiger partial charge in [0.05, 0.1) is 28.3 Å². The summed E-state index contributed by atoms with van der Waals surface area (Å²) in [4.78, 5) is -0.0462. The largest absolute Gasteiger partial charge is 0.490 e. The maximum absolute atomic E-state index is 15.3. The van der Waals surface area contributed by atoms with Crippen molar-refractivity contribution >= 4 is 10.0 Å². The lowest BCUT2D eigenvalue weighted by Crippen LogP contribution is -2.29. The van der Waals surface area contributed by atoms with Crippen molar-refractivity contribution in [3.8, 4) is 23.1 Å². The quantitative estimate of drug-likeness (QED) is 0.498. The lowest BCUT2D eigenvalue weighted by atomic mass is 9.95. The van der Waals surface area contributed by atoms with Crippen LogP contribution in [0.5, 0.6) is 5.75 Å². The van der Waals surface area contributed by atoms with E-state index in [1.54, 1.807) is 19.2 Å². The van der Waals surface area contributed by atoms with Crippen molar-refractivity contribution in [3.05, 3.63) is 71.7 Å². The van der Waals surface area contributed by atoms with Crippen LogP contribution in [0.15, 0.2) is 59.6 Å². The molecule has 1 aliphatic rings. The van der Waals surface area contributed by atoms with Crippen molar-refractivity contribution in [2.24, 2.45) is 5.92 Å². The molecule has 3 aromatic rings. The Hall–Kier alpha value is -3.19. The van der Waals surface area contributed by atoms with Crippen molar-refractivity contribution in [2.45, 2.75) is 37.3 Å². The summed E-state index contributed by atoms with van der Waals surface area (Å²) in [7, 11) is -2.34. The topological polar surface area (TPSA) is 93.3 Å². The number of hydrogen-bond acceptors (Lipinski definition) is 6. The van der Waals surface area contributed by atoms with Gasteiger partial charge in [-0.15, -0.1) is 0 Å². The zero-order valence-corrected chi connectivity index (χ0v) is 20.5. The second kappa shape index (κ2) is 10.6. The number of nitrogens with one attached hydrogen (secondary N) is 1. The van der Waals surface area contributed by atoms with Gasteiger partial charge in [0.2, 0.25) is 0 Å². The second-order valence-corrected chi connectivity index (χ2v) is 10.4. The van der Waals surface area contributed by atoms with Crippen LogP contribution in [0.3, 0.4) is 0 Å². The Balaban J connectivity index is 1.69. The van der Waals surface area contributed by atoms with E-state index in [2.05, 4.69) is 5.32 Å². The molecule has 0 radical (unpaired) electrons. The van der Waals surface area contributed by atoms with E-state index in [9.17, 15) is 13.7 Å². The van der Waals surface area contributed by atoms with Gasteiger partial charge in [-0.05, 0) is 74.7 Å². The Kier molecular flexibility index (Phi) is 7.55. The molecule has 9 heteroatoms. The zero-order chi connectivity index (χ0) is 25.0. The summed E-state index contributed by atoms with van der Waals surface area (Å²) >= 11 is 0. The van der Waals surface area contributed by atoms with Gasteiger partial charge in [-0.25, -0.2) is 16.8 Å². The number of rotatable bonds is 8. The van der Waals surface area contributed by atoms with Gasteiger partial charge >= 0.3 is 0 Å². The summed E-state index contributed by atoms with van der Waals surface area (Å²) in [6, 6.07) is 13.9. The molecule has 184 valence electrons. The molecule has 35 heavy (non-hydrogen) atoms. The first-order valence-corrected chi connectivity index (χ1v) is 12.9. The summed E-state index contributed by atoms with van der Waals surface area (Å²) in [5, 5.41) is 12.2. The fourth-order valence-corrected chi connectivity index (χ4v) is 5.74. The minimum atomic E-state index is -4.08. The minimum Gasteiger partial charge on any atom is -0.490 e. The van der Waals surface area contributed by atoms with Gasteiger partial charge in [-0.2, -0.15) is 5.26 Å². The summed E-state index contributed by atoms with van der Waals surface area (Å²) in [5.74, 6) is 0.142. The Bertz CT molecular complexity index is 1340. The fourth-order valence-electron chi connectivity index (χ4n) is 4.31. The summed E-state index contributed by atoms with van der Waals surface area (Å²) in [6.07, 6.45) is 3.17. The van der Waals surface area contributed by atoms with Crippen LogP contribution in [0.1, 0.15) is 30.9 Å². The SMILES string of the molecule is CNCc1cc(-c2ccc(OC(C)C3CCOCC3)cc2F)n(S(=O)(=O)c2cccc(C#N)c2)c1. The summed E-state index contributed by atoms with van der Waals surface area (Å²) in [6.45, 7) is 3.77. The molecule has 1 aromatic heterocycles. The first-order chi connectivity index (χ1) is 16.8. The molecule has 1 saturated heterocycles. The molecular formula is C26H28FN3O4S. The van der Waals surface area contributed by atoms with Gasteiger partial charge in [0.1, 0.15) is 11.6 Å². The lowest BCUT2D eigenvalue weighted by Gasteiger charge is -2.28. The van der Waals surface area contributed by atoms with E-state index in [0.717, 1.165) is 16.8 Å². The molecule has 2 aromatic carbocycles. The highest BCUT2D eigenvalue weighted by molar-refractivity contribution is 7.90. The first kappa shape index (κ1) is 24.9. The molecule has 7 nitrogen and oxygen atoms in total. The third kappa shape index (κ3) is 5.40. The molecule has 4 rings (SSSR count). The van der Waals surface area contributed by atoms with Crippen molar-refractivity contribution in [3.63, 3.8) is 0 Å². The van der Waals surface area contributed by atoms with Crippen molar-refractivity contribution in [1.29, 1.82) is 5.26 Å². The molecule has 0 saturated carbocycles. The fraction of sp³-hybridized carbons (Fsp3) is 0.346. The second-order valence-electron chi connectivity index (χ2n) is 8.62. The van der Waals surface area contributed by atoms with Crippen molar-refractivity contribution < 1.29 is 22.3 Å². The number of nitriles is 1. The minimum absolute atomic E-state index is 0.0462. The molecule has 1 unspecified atom stereocenters. The van der Waals surface area contributed by atoms with E-state index < -0.39 is 15.8 Å². The van der Waals surface area contributed by atoms with Crippen LogP contribution in [0.2, 0.25) is 0 Å². The van der Waals surface area contributed by atoms with E-state index in [1.165, 1.54) is 42.6 Å². The Morgan fingerprint density at radius 1 is 1.23 bits per heavy atom. The molecule has 1 aliphatic heterocycles. The van der Waals surface area contributed by atoms with E-state index in [1.807, 2.05) is 13.0 Å². The third-order valence-corrected chi connectivity index (χ3v) is 7.88. The third-order valence-electron chi connectivity index (χ3n) is 6.21. The van der Waals surface area contributed by atoms with Gasteiger partial charge in [-0.3, -0.25) is 0 Å². The number of hydrogen-bond donors (Lipinski definition) is 1. The van der Waals surface area contributed by atoms with Gasteiger partial charge in [0.15, 0.2) is 0 Å². The summed E-state index contributed by atoms with van der Waals surface area (Å²) in [5.41, 5.74) is 1.23. The average Bonchev–Trinajstić information content (AvgIpc) is 3.29. The standard InChI is InChI=1S/C26H28FN3O4S/c1-18(21-8-10-33-11-9-21)34-22-6-7-24(25(27)14-22)26-13-20(16-29-2)17-30(26)35(31,32)23-5-3-4-19(12-23)15-28/h3-7,12-14,17-18,21,29H,8-11,16H2,1-2H3. The maximum atomic E-state index is 15.3. The number of benzene rings is 2. The first-order valence-electron chi connectivity index (χ1n) is 11.5. The van der Waals surface area contributed by atoms with Crippen LogP contribution in [0, 0.1) is 23.1 Å². The van der Waals surface area contributed by atoms with E-state index >= 15 is 4.39 Å². The van der Waals surface area contributed by atoms with Crippen LogP contribution in [-0.2, 0) is 21.3 Å². The van der Waals surface area contributed by atoms with Gasteiger partial charge in [-0.1, -0.05) is 6.07 Å². The predicted molar refractivity (Wildman–Crippen MR) is 130 cm³/mol. The number of aromatic nitrogens is 1. The van der Waals surface area contributed by atoms with E-state index in [4.69, 9.17) is 9.47 Å².